The Labute approximate surface area is 308 Å². The second kappa shape index (κ2) is 13.7. The van der Waals surface area contributed by atoms with Gasteiger partial charge < -0.3 is 48.7 Å². The number of ether oxygens (including phenoxy) is 8. The third-order valence-corrected chi connectivity index (χ3v) is 14.6. The normalized spacial score (nSPS) is 53.8. The summed E-state index contributed by atoms with van der Waals surface area (Å²) in [7, 11) is 0. The molecule has 10 rings (SSSR count). The van der Waals surface area contributed by atoms with E-state index in [1.807, 2.05) is 0 Å². The van der Waals surface area contributed by atoms with Gasteiger partial charge in [-0.3, -0.25) is 4.79 Å². The van der Waals surface area contributed by atoms with Crippen molar-refractivity contribution in [3.05, 3.63) is 24.3 Å². The van der Waals surface area contributed by atoms with Crippen molar-refractivity contribution in [2.75, 3.05) is 6.54 Å². The van der Waals surface area contributed by atoms with E-state index < -0.39 is 17.5 Å². The van der Waals surface area contributed by atoms with Crippen LogP contribution in [0.25, 0.3) is 0 Å². The van der Waals surface area contributed by atoms with Gasteiger partial charge in [-0.1, -0.05) is 27.0 Å². The molecule has 11 nitrogen and oxygen atoms in total. The summed E-state index contributed by atoms with van der Waals surface area (Å²) in [6, 6.07) is 0. The molecule has 0 aromatic carbocycles. The zero-order valence-electron chi connectivity index (χ0n) is 31.3. The Kier molecular flexibility index (Phi) is 9.62. The van der Waals surface area contributed by atoms with Gasteiger partial charge in [-0.15, -0.1) is 0 Å². The highest BCUT2D eigenvalue weighted by Crippen LogP contribution is 2.58. The fourth-order valence-corrected chi connectivity index (χ4v) is 11.7. The molecule has 12 bridgehead atoms. The van der Waals surface area contributed by atoms with Crippen LogP contribution in [0.3, 0.4) is 0 Å². The van der Waals surface area contributed by atoms with Gasteiger partial charge in [0.15, 0.2) is 5.79 Å². The Balaban J connectivity index is 0.994. The minimum absolute atomic E-state index is 0.00566. The minimum atomic E-state index is -0.803. The van der Waals surface area contributed by atoms with Crippen molar-refractivity contribution in [3.63, 3.8) is 0 Å². The van der Waals surface area contributed by atoms with Gasteiger partial charge in [-0.25, -0.2) is 0 Å². The molecule has 11 heteroatoms. The summed E-state index contributed by atoms with van der Waals surface area (Å²) >= 11 is 0. The van der Waals surface area contributed by atoms with Gasteiger partial charge in [0.25, 0.3) is 0 Å². The van der Waals surface area contributed by atoms with Gasteiger partial charge in [0, 0.05) is 45.1 Å². The maximum atomic E-state index is 14.0. The lowest BCUT2D eigenvalue weighted by atomic mass is 9.78. The molecule has 52 heavy (non-hydrogen) atoms. The molecular formula is C41H61NO10. The van der Waals surface area contributed by atoms with Crippen LogP contribution in [-0.4, -0.2) is 114 Å². The summed E-state index contributed by atoms with van der Waals surface area (Å²) in [5.41, 5.74) is 7.57. The van der Waals surface area contributed by atoms with Crippen LogP contribution in [0.4, 0.5) is 0 Å². The zero-order chi connectivity index (χ0) is 36.1. The lowest BCUT2D eigenvalue weighted by Gasteiger charge is -2.47. The summed E-state index contributed by atoms with van der Waals surface area (Å²) in [5, 5.41) is 10.5. The van der Waals surface area contributed by atoms with Gasteiger partial charge >= 0.3 is 0 Å². The molecule has 10 aliphatic heterocycles. The first-order valence-electron chi connectivity index (χ1n) is 20.5. The quantitative estimate of drug-likeness (QED) is 0.399. The van der Waals surface area contributed by atoms with E-state index in [0.29, 0.717) is 44.4 Å². The molecule has 0 aromatic heterocycles. The lowest BCUT2D eigenvalue weighted by molar-refractivity contribution is -0.294. The highest BCUT2D eigenvalue weighted by molar-refractivity contribution is 5.79. The third-order valence-electron chi connectivity index (χ3n) is 14.6. The van der Waals surface area contributed by atoms with Gasteiger partial charge in [0.1, 0.15) is 41.9 Å². The zero-order valence-corrected chi connectivity index (χ0v) is 31.3. The highest BCUT2D eigenvalue weighted by atomic mass is 16.8. The van der Waals surface area contributed by atoms with Crippen LogP contribution in [0.1, 0.15) is 104 Å². The summed E-state index contributed by atoms with van der Waals surface area (Å²) in [6.45, 7) is 15.6. The highest BCUT2D eigenvalue weighted by Gasteiger charge is 2.73. The summed E-state index contributed by atoms with van der Waals surface area (Å²) < 4.78 is 54.5. The van der Waals surface area contributed by atoms with E-state index in [4.69, 9.17) is 43.6 Å². The van der Waals surface area contributed by atoms with E-state index in [9.17, 15) is 9.90 Å². The van der Waals surface area contributed by atoms with E-state index in [0.717, 1.165) is 56.1 Å². The number of fused-ring (bicyclic) bond motifs is 6. The predicted octanol–water partition coefficient (Wildman–Crippen LogP) is 4.45. The first-order chi connectivity index (χ1) is 24.9. The third kappa shape index (κ3) is 6.40. The number of ketones is 1. The second-order valence-corrected chi connectivity index (χ2v) is 18.3. The van der Waals surface area contributed by atoms with Crippen molar-refractivity contribution >= 4 is 5.78 Å². The first kappa shape index (κ1) is 36.4. The number of carbonyl (C=O) groups excluding carboxylic acids is 1. The number of aliphatic hydroxyl groups excluding tert-OH is 1. The van der Waals surface area contributed by atoms with Gasteiger partial charge in [-0.05, 0) is 80.8 Å². The van der Waals surface area contributed by atoms with Gasteiger partial charge in [-0.2, -0.15) is 0 Å². The summed E-state index contributed by atoms with van der Waals surface area (Å²) in [4.78, 5) is 14.0. The number of aliphatic hydroxyl groups is 1. The summed E-state index contributed by atoms with van der Waals surface area (Å²) in [5.74, 6) is -0.272. The van der Waals surface area contributed by atoms with E-state index >= 15 is 0 Å². The van der Waals surface area contributed by atoms with Crippen LogP contribution < -0.4 is 5.73 Å². The molecule has 10 fully saturated rings. The van der Waals surface area contributed by atoms with E-state index in [2.05, 4.69) is 33.9 Å². The largest absolute Gasteiger partial charge is 0.392 e. The Hall–Kier alpha value is -1.25. The molecule has 0 aromatic rings. The molecule has 5 unspecified atom stereocenters. The van der Waals surface area contributed by atoms with Crippen molar-refractivity contribution in [3.8, 4) is 0 Å². The Morgan fingerprint density at radius 2 is 1.58 bits per heavy atom. The first-order valence-corrected chi connectivity index (χ1v) is 20.5. The lowest BCUT2D eigenvalue weighted by Crippen LogP contribution is -2.61. The molecule has 1 spiro atoms. The molecule has 0 radical (unpaired) electrons. The minimum Gasteiger partial charge on any atom is -0.392 e. The molecule has 3 N–H and O–H groups in total. The number of hydrogen-bond donors (Lipinski definition) is 2. The Morgan fingerprint density at radius 3 is 2.40 bits per heavy atom. The standard InChI is InChI=1S/C41H61NO10/c1-20-12-26-6-8-30-21(2)13-28(45-30)10-11-41-19-40(5)39(52-41)38-37(50-40)36(51-41)35-31(49-38)9-7-27(47-35)14-24(43)15-29-23(4)32(16-25(44)18-42)48-34(29)17-33(46-26)22(20)3/h20,23,25-39,44H,2-3,6-19,42H2,1,4-5H3/t20-,23-,25+,26+,27-,28+,29?,30?,31+,32-,33?,34+,35+,36+,37?,38-,39-,40-,41?/m1/s1. The molecule has 0 amide bonds. The van der Waals surface area contributed by atoms with E-state index in [1.165, 1.54) is 0 Å². The summed E-state index contributed by atoms with van der Waals surface area (Å²) in [6.07, 6.45) is 6.17. The number of carbonyl (C=O) groups is 1. The average molecular weight is 728 g/mol. The van der Waals surface area contributed by atoms with Crippen molar-refractivity contribution in [2.45, 2.75) is 201 Å². The van der Waals surface area contributed by atoms with Crippen molar-refractivity contribution in [1.29, 1.82) is 0 Å². The topological polar surface area (TPSA) is 137 Å². The molecular weight excluding hydrogens is 666 g/mol. The number of hydrogen-bond acceptors (Lipinski definition) is 11. The van der Waals surface area contributed by atoms with Crippen LogP contribution in [0, 0.1) is 17.8 Å². The van der Waals surface area contributed by atoms with Crippen LogP contribution in [0.2, 0.25) is 0 Å². The molecule has 19 atom stereocenters. The molecule has 10 aliphatic rings. The van der Waals surface area contributed by atoms with Crippen LogP contribution in [0.15, 0.2) is 24.3 Å². The number of Topliss-reactive ketones (excluding diaryl/α,β-unsaturated/α-hetero) is 1. The number of rotatable bonds is 3. The van der Waals surface area contributed by atoms with Gasteiger partial charge in [0.05, 0.1) is 54.9 Å². The number of nitrogens with two attached hydrogens (primary N) is 1. The van der Waals surface area contributed by atoms with Crippen molar-refractivity contribution in [1.82, 2.24) is 0 Å². The maximum absolute atomic E-state index is 14.0. The molecule has 0 aliphatic carbocycles. The molecule has 10 saturated heterocycles. The van der Waals surface area contributed by atoms with Crippen molar-refractivity contribution < 1.29 is 47.8 Å². The maximum Gasteiger partial charge on any atom is 0.172 e. The monoisotopic (exact) mass is 727 g/mol. The SMILES string of the molecule is C=C1C[C@@H]2CCC34C[C@@]5(C)OC6[C@@H](O3)[C@H]3O[C@H](CC[C@@H]3O[C@H]6[C@H]5O4)CC(=O)CC3[C@H](CC4O[C@@H](CCC1O2)C[C@@H](C)C4=C)O[C@H](C[C@H](O)CN)[C@@H]3C. The van der Waals surface area contributed by atoms with Crippen molar-refractivity contribution in [2.24, 2.45) is 23.5 Å². The van der Waals surface area contributed by atoms with Crippen LogP contribution >= 0.6 is 0 Å². The fourth-order valence-electron chi connectivity index (χ4n) is 11.7. The second-order valence-electron chi connectivity index (χ2n) is 18.3. The smallest absolute Gasteiger partial charge is 0.172 e. The average Bonchev–Trinajstić information content (AvgIpc) is 3.73. The fraction of sp³-hybridized carbons (Fsp3) is 0.878. The Morgan fingerprint density at radius 1 is 0.808 bits per heavy atom. The molecule has 0 saturated carbocycles. The predicted molar refractivity (Wildman–Crippen MR) is 189 cm³/mol. The molecule has 290 valence electrons. The van der Waals surface area contributed by atoms with E-state index in [-0.39, 0.29) is 104 Å². The van der Waals surface area contributed by atoms with Crippen LogP contribution in [0.5, 0.6) is 0 Å². The molecule has 10 heterocycles. The van der Waals surface area contributed by atoms with Gasteiger partial charge in [0.2, 0.25) is 0 Å². The van der Waals surface area contributed by atoms with E-state index in [1.54, 1.807) is 0 Å². The Bertz CT molecular complexity index is 1410. The van der Waals surface area contributed by atoms with Crippen LogP contribution in [-0.2, 0) is 42.7 Å².